The van der Waals surface area contributed by atoms with Crippen LogP contribution >= 0.6 is 0 Å². The lowest BCUT2D eigenvalue weighted by Gasteiger charge is -2.12. The van der Waals surface area contributed by atoms with Crippen molar-refractivity contribution in [3.8, 4) is 5.75 Å². The van der Waals surface area contributed by atoms with Crippen LogP contribution in [0.4, 0.5) is 11.4 Å². The quantitative estimate of drug-likeness (QED) is 0.503. The van der Waals surface area contributed by atoms with E-state index in [0.717, 1.165) is 5.56 Å². The zero-order valence-corrected chi connectivity index (χ0v) is 18.3. The van der Waals surface area contributed by atoms with Gasteiger partial charge in [0.2, 0.25) is 0 Å². The van der Waals surface area contributed by atoms with Gasteiger partial charge in [-0.25, -0.2) is 13.2 Å². The van der Waals surface area contributed by atoms with E-state index in [1.807, 2.05) is 0 Å². The minimum absolute atomic E-state index is 0.149. The van der Waals surface area contributed by atoms with Gasteiger partial charge in [0, 0.05) is 16.9 Å². The molecule has 1 amide bonds. The molecule has 3 rings (SSSR count). The van der Waals surface area contributed by atoms with Gasteiger partial charge < -0.3 is 14.8 Å². The van der Waals surface area contributed by atoms with Crippen LogP contribution in [-0.4, -0.2) is 34.0 Å². The minimum Gasteiger partial charge on any atom is -0.482 e. The topological polar surface area (TPSA) is 111 Å². The summed E-state index contributed by atoms with van der Waals surface area (Å²) in [5.74, 6) is -0.371. The molecule has 9 heteroatoms. The van der Waals surface area contributed by atoms with E-state index in [0.29, 0.717) is 22.7 Å². The van der Waals surface area contributed by atoms with Crippen molar-refractivity contribution >= 4 is 33.3 Å². The third-order valence-corrected chi connectivity index (χ3v) is 5.88. The highest BCUT2D eigenvalue weighted by atomic mass is 32.2. The van der Waals surface area contributed by atoms with Crippen molar-refractivity contribution in [2.75, 3.05) is 23.8 Å². The molecule has 0 aliphatic carbocycles. The molecule has 3 aromatic carbocycles. The molecule has 166 valence electrons. The molecule has 0 saturated heterocycles. The van der Waals surface area contributed by atoms with Crippen LogP contribution in [0.3, 0.4) is 0 Å². The average Bonchev–Trinajstić information content (AvgIpc) is 2.79. The molecule has 32 heavy (non-hydrogen) atoms. The van der Waals surface area contributed by atoms with E-state index in [2.05, 4.69) is 14.8 Å². The van der Waals surface area contributed by atoms with Crippen molar-refractivity contribution in [2.45, 2.75) is 11.8 Å². The molecule has 3 aromatic rings. The first-order valence-electron chi connectivity index (χ1n) is 9.58. The Morgan fingerprint density at radius 2 is 1.62 bits per heavy atom. The van der Waals surface area contributed by atoms with Crippen molar-refractivity contribution in [1.29, 1.82) is 0 Å². The first kappa shape index (κ1) is 22.8. The number of nitrogens with one attached hydrogen (secondary N) is 2. The summed E-state index contributed by atoms with van der Waals surface area (Å²) in [5.41, 5.74) is 2.02. The molecule has 8 nitrogen and oxygen atoms in total. The first-order valence-corrected chi connectivity index (χ1v) is 11.1. The summed E-state index contributed by atoms with van der Waals surface area (Å²) in [5, 5.41) is 2.80. The van der Waals surface area contributed by atoms with Gasteiger partial charge in [0.05, 0.1) is 12.0 Å². The van der Waals surface area contributed by atoms with Gasteiger partial charge in [0.25, 0.3) is 15.9 Å². The van der Waals surface area contributed by atoms with E-state index >= 15 is 0 Å². The lowest BCUT2D eigenvalue weighted by Crippen LogP contribution is -2.15. The normalized spacial score (nSPS) is 10.8. The summed E-state index contributed by atoms with van der Waals surface area (Å²) >= 11 is 0. The Hall–Kier alpha value is -3.85. The summed E-state index contributed by atoms with van der Waals surface area (Å²) in [4.78, 5) is 23.9. The van der Waals surface area contributed by atoms with E-state index < -0.39 is 16.0 Å². The Bertz CT molecular complexity index is 1210. The number of esters is 1. The maximum atomic E-state index is 12.6. The molecule has 0 bridgehead atoms. The Kier molecular flexibility index (Phi) is 7.11. The summed E-state index contributed by atoms with van der Waals surface area (Å²) in [6.07, 6.45) is 0. The number of methoxy groups -OCH3 is 1. The Morgan fingerprint density at radius 1 is 0.938 bits per heavy atom. The monoisotopic (exact) mass is 454 g/mol. The highest BCUT2D eigenvalue weighted by Gasteiger charge is 2.14. The number of anilines is 2. The average molecular weight is 455 g/mol. The van der Waals surface area contributed by atoms with Gasteiger partial charge in [0.15, 0.2) is 6.61 Å². The highest BCUT2D eigenvalue weighted by molar-refractivity contribution is 7.92. The van der Waals surface area contributed by atoms with Crippen molar-refractivity contribution in [3.05, 3.63) is 83.9 Å². The number of benzene rings is 3. The minimum atomic E-state index is -3.71. The molecule has 2 N–H and O–H groups in total. The van der Waals surface area contributed by atoms with Gasteiger partial charge in [-0.3, -0.25) is 9.52 Å². The summed E-state index contributed by atoms with van der Waals surface area (Å²) in [6, 6.07) is 19.1. The number of amides is 1. The van der Waals surface area contributed by atoms with Crippen molar-refractivity contribution < 1.29 is 27.5 Å². The molecule has 0 unspecified atom stereocenters. The van der Waals surface area contributed by atoms with Gasteiger partial charge in [-0.1, -0.05) is 18.2 Å². The van der Waals surface area contributed by atoms with Crippen molar-refractivity contribution in [3.63, 3.8) is 0 Å². The predicted molar refractivity (Wildman–Crippen MR) is 120 cm³/mol. The highest BCUT2D eigenvalue weighted by Crippen LogP contribution is 2.23. The molecule has 0 aliphatic rings. The number of rotatable bonds is 8. The van der Waals surface area contributed by atoms with Crippen LogP contribution in [0.5, 0.6) is 5.75 Å². The predicted octanol–water partition coefficient (Wildman–Crippen LogP) is 3.60. The maximum Gasteiger partial charge on any atom is 0.343 e. The van der Waals surface area contributed by atoms with Crippen molar-refractivity contribution in [1.82, 2.24) is 0 Å². The zero-order chi connectivity index (χ0) is 23.1. The fourth-order valence-corrected chi connectivity index (χ4v) is 3.84. The van der Waals surface area contributed by atoms with Crippen LogP contribution in [0.15, 0.2) is 77.7 Å². The number of hydrogen-bond donors (Lipinski definition) is 2. The Labute approximate surface area is 186 Å². The zero-order valence-electron chi connectivity index (χ0n) is 17.5. The third-order valence-electron chi connectivity index (χ3n) is 4.48. The van der Waals surface area contributed by atoms with E-state index in [9.17, 15) is 18.0 Å². The van der Waals surface area contributed by atoms with E-state index in [-0.39, 0.29) is 17.4 Å². The lowest BCUT2D eigenvalue weighted by atomic mass is 10.1. The number of carbonyl (C=O) groups excluding carboxylic acids is 2. The molecule has 0 heterocycles. The molecule has 0 saturated carbocycles. The molecule has 0 atom stereocenters. The van der Waals surface area contributed by atoms with Crippen LogP contribution in [0.1, 0.15) is 15.9 Å². The summed E-state index contributed by atoms with van der Waals surface area (Å²) in [7, 11) is -2.43. The molecule has 0 aliphatic heterocycles. The summed E-state index contributed by atoms with van der Waals surface area (Å²) < 4.78 is 37.1. The first-order chi connectivity index (χ1) is 15.3. The van der Waals surface area contributed by atoms with Gasteiger partial charge in [-0.15, -0.1) is 0 Å². The molecule has 0 fully saturated rings. The fraction of sp³-hybridized carbons (Fsp3) is 0.130. The van der Waals surface area contributed by atoms with Crippen molar-refractivity contribution in [2.24, 2.45) is 0 Å². The molecule has 0 radical (unpaired) electrons. The second-order valence-corrected chi connectivity index (χ2v) is 8.47. The van der Waals surface area contributed by atoms with Crippen LogP contribution in [-0.2, 0) is 19.6 Å². The van der Waals surface area contributed by atoms with Gasteiger partial charge >= 0.3 is 5.97 Å². The molecule has 0 spiro atoms. The SMILES string of the molecule is COC(=O)COc1ccc(NC(=O)c2ccc(NS(=O)(=O)c3ccccc3)cc2)c(C)c1. The number of hydrogen-bond acceptors (Lipinski definition) is 6. The molecular formula is C23H22N2O6S. The Balaban J connectivity index is 1.64. The van der Waals surface area contributed by atoms with Gasteiger partial charge in [-0.2, -0.15) is 0 Å². The fourth-order valence-electron chi connectivity index (χ4n) is 2.77. The van der Waals surface area contributed by atoms with Gasteiger partial charge in [-0.05, 0) is 67.1 Å². The standard InChI is InChI=1S/C23H22N2O6S/c1-16-14-19(31-15-22(26)30-2)12-13-21(16)24-23(27)17-8-10-18(11-9-17)25-32(28,29)20-6-4-3-5-7-20/h3-14,25H,15H2,1-2H3,(H,24,27). The maximum absolute atomic E-state index is 12.6. The molecule has 0 aromatic heterocycles. The van der Waals surface area contributed by atoms with E-state index in [1.54, 1.807) is 43.3 Å². The van der Waals surface area contributed by atoms with Crippen LogP contribution < -0.4 is 14.8 Å². The van der Waals surface area contributed by atoms with E-state index in [1.165, 1.54) is 43.5 Å². The molecular weight excluding hydrogens is 432 g/mol. The summed E-state index contributed by atoms with van der Waals surface area (Å²) in [6.45, 7) is 1.59. The van der Waals surface area contributed by atoms with Gasteiger partial charge in [0.1, 0.15) is 5.75 Å². The number of sulfonamides is 1. The number of carbonyl (C=O) groups is 2. The smallest absolute Gasteiger partial charge is 0.343 e. The van der Waals surface area contributed by atoms with E-state index in [4.69, 9.17) is 4.74 Å². The van der Waals surface area contributed by atoms with Crippen LogP contribution in [0, 0.1) is 6.92 Å². The van der Waals surface area contributed by atoms with Crippen LogP contribution in [0.2, 0.25) is 0 Å². The third kappa shape index (κ3) is 5.86. The number of ether oxygens (including phenoxy) is 2. The Morgan fingerprint density at radius 3 is 2.25 bits per heavy atom. The largest absolute Gasteiger partial charge is 0.482 e. The lowest BCUT2D eigenvalue weighted by molar-refractivity contribution is -0.142. The second kappa shape index (κ2) is 9.97. The number of aryl methyl sites for hydroxylation is 1. The van der Waals surface area contributed by atoms with Crippen LogP contribution in [0.25, 0.3) is 0 Å². The second-order valence-electron chi connectivity index (χ2n) is 6.79.